The Kier molecular flexibility index (Phi) is 5.59. The fraction of sp³-hybridized carbons (Fsp3) is 0.706. The molecule has 2 rings (SSSR count). The van der Waals surface area contributed by atoms with Crippen molar-refractivity contribution >= 4 is 0 Å². The van der Waals surface area contributed by atoms with Gasteiger partial charge in [-0.1, -0.05) is 19.9 Å². The third-order valence-corrected chi connectivity index (χ3v) is 4.96. The highest BCUT2D eigenvalue weighted by molar-refractivity contribution is 5.25. The van der Waals surface area contributed by atoms with Crippen molar-refractivity contribution in [3.8, 4) is 5.88 Å². The summed E-state index contributed by atoms with van der Waals surface area (Å²) in [5.74, 6) is 0.750. The van der Waals surface area contributed by atoms with E-state index in [-0.39, 0.29) is 5.54 Å². The van der Waals surface area contributed by atoms with Crippen LogP contribution in [-0.2, 0) is 6.54 Å². The molecule has 1 aromatic rings. The van der Waals surface area contributed by atoms with Gasteiger partial charge in [0.25, 0.3) is 0 Å². The molecule has 4 heteroatoms. The van der Waals surface area contributed by atoms with Crippen LogP contribution in [0.25, 0.3) is 0 Å². The van der Waals surface area contributed by atoms with Crippen LogP contribution in [0.4, 0.5) is 0 Å². The third-order valence-electron chi connectivity index (χ3n) is 4.96. The van der Waals surface area contributed by atoms with Crippen LogP contribution in [0.1, 0.15) is 45.6 Å². The lowest BCUT2D eigenvalue weighted by atomic mass is 9.92. The van der Waals surface area contributed by atoms with E-state index >= 15 is 0 Å². The molecule has 0 spiro atoms. The Morgan fingerprint density at radius 2 is 2.19 bits per heavy atom. The fourth-order valence-electron chi connectivity index (χ4n) is 3.21. The Balaban J connectivity index is 2.19. The van der Waals surface area contributed by atoms with Crippen molar-refractivity contribution in [3.63, 3.8) is 0 Å². The van der Waals surface area contributed by atoms with Gasteiger partial charge < -0.3 is 10.1 Å². The van der Waals surface area contributed by atoms with E-state index in [4.69, 9.17) is 4.74 Å². The lowest BCUT2D eigenvalue weighted by molar-refractivity contribution is 0.150. The summed E-state index contributed by atoms with van der Waals surface area (Å²) in [7, 11) is 1.70. The van der Waals surface area contributed by atoms with Crippen molar-refractivity contribution in [1.82, 2.24) is 15.2 Å². The maximum absolute atomic E-state index is 5.40. The number of ether oxygens (including phenoxy) is 1. The van der Waals surface area contributed by atoms with Crippen LogP contribution in [0, 0.1) is 0 Å². The van der Waals surface area contributed by atoms with Gasteiger partial charge in [-0.2, -0.15) is 0 Å². The number of pyridine rings is 1. The van der Waals surface area contributed by atoms with Gasteiger partial charge in [0, 0.05) is 36.4 Å². The van der Waals surface area contributed by atoms with Gasteiger partial charge in [0.05, 0.1) is 7.11 Å². The van der Waals surface area contributed by atoms with E-state index in [0.717, 1.165) is 38.4 Å². The van der Waals surface area contributed by atoms with Crippen LogP contribution in [0.15, 0.2) is 18.3 Å². The minimum Gasteiger partial charge on any atom is -0.481 e. The Morgan fingerprint density at radius 1 is 1.43 bits per heavy atom. The summed E-state index contributed by atoms with van der Waals surface area (Å²) in [5.41, 5.74) is 1.41. The first-order chi connectivity index (χ1) is 10.1. The molecule has 1 N–H and O–H groups in total. The second-order valence-electron chi connectivity index (χ2n) is 6.13. The van der Waals surface area contributed by atoms with Gasteiger partial charge in [-0.3, -0.25) is 4.90 Å². The molecule has 0 bridgehead atoms. The van der Waals surface area contributed by atoms with E-state index in [0.29, 0.717) is 6.04 Å². The van der Waals surface area contributed by atoms with Gasteiger partial charge >= 0.3 is 0 Å². The molecule has 118 valence electrons. The smallest absolute Gasteiger partial charge is 0.217 e. The van der Waals surface area contributed by atoms with Gasteiger partial charge in [-0.25, -0.2) is 4.98 Å². The van der Waals surface area contributed by atoms with Gasteiger partial charge in [0.2, 0.25) is 5.88 Å². The van der Waals surface area contributed by atoms with Crippen molar-refractivity contribution in [3.05, 3.63) is 23.9 Å². The molecule has 0 aromatic carbocycles. The molecule has 1 fully saturated rings. The molecule has 0 aliphatic carbocycles. The quantitative estimate of drug-likeness (QED) is 0.905. The molecule has 21 heavy (non-hydrogen) atoms. The molecule has 0 radical (unpaired) electrons. The first-order valence-electron chi connectivity index (χ1n) is 8.11. The van der Waals surface area contributed by atoms with Crippen molar-refractivity contribution in [2.75, 3.05) is 20.2 Å². The first-order valence-corrected chi connectivity index (χ1v) is 8.11. The number of methoxy groups -OCH3 is 1. The summed E-state index contributed by atoms with van der Waals surface area (Å²) >= 11 is 0. The summed E-state index contributed by atoms with van der Waals surface area (Å²) in [6.45, 7) is 9.99. The SMILES string of the molecule is CCC1(CC)CN(Cc2cccnc2OC)C(C)CCN1. The molecular weight excluding hydrogens is 262 g/mol. The van der Waals surface area contributed by atoms with Crippen molar-refractivity contribution in [2.45, 2.75) is 58.2 Å². The second kappa shape index (κ2) is 7.23. The number of nitrogens with zero attached hydrogens (tertiary/aromatic N) is 2. The van der Waals surface area contributed by atoms with Crippen molar-refractivity contribution < 1.29 is 4.74 Å². The number of rotatable bonds is 5. The second-order valence-corrected chi connectivity index (χ2v) is 6.13. The van der Waals surface area contributed by atoms with Gasteiger partial charge in [-0.15, -0.1) is 0 Å². The number of nitrogens with one attached hydrogen (secondary N) is 1. The van der Waals surface area contributed by atoms with Crippen LogP contribution < -0.4 is 10.1 Å². The lowest BCUT2D eigenvalue weighted by Crippen LogP contribution is -2.51. The van der Waals surface area contributed by atoms with Crippen molar-refractivity contribution in [1.29, 1.82) is 0 Å². The fourth-order valence-corrected chi connectivity index (χ4v) is 3.21. The average Bonchev–Trinajstić information content (AvgIpc) is 2.68. The van der Waals surface area contributed by atoms with Gasteiger partial charge in [0.15, 0.2) is 0 Å². The number of aromatic nitrogens is 1. The molecule has 1 saturated heterocycles. The third kappa shape index (κ3) is 3.74. The maximum atomic E-state index is 5.40. The molecule has 4 nitrogen and oxygen atoms in total. The number of hydrogen-bond donors (Lipinski definition) is 1. The molecule has 2 heterocycles. The topological polar surface area (TPSA) is 37.4 Å². The van der Waals surface area contributed by atoms with E-state index in [2.05, 4.69) is 42.0 Å². The predicted molar refractivity (Wildman–Crippen MR) is 86.6 cm³/mol. The molecule has 1 aliphatic rings. The van der Waals surface area contributed by atoms with Gasteiger partial charge in [-0.05, 0) is 38.8 Å². The molecule has 0 amide bonds. The minimum absolute atomic E-state index is 0.236. The van der Waals surface area contributed by atoms with E-state index in [1.54, 1.807) is 13.3 Å². The highest BCUT2D eigenvalue weighted by Crippen LogP contribution is 2.25. The highest BCUT2D eigenvalue weighted by atomic mass is 16.5. The van der Waals surface area contributed by atoms with Crippen LogP contribution in [0.3, 0.4) is 0 Å². The monoisotopic (exact) mass is 291 g/mol. The van der Waals surface area contributed by atoms with E-state index in [1.165, 1.54) is 12.0 Å². The van der Waals surface area contributed by atoms with E-state index in [1.807, 2.05) is 6.07 Å². The molecule has 0 saturated carbocycles. The predicted octanol–water partition coefficient (Wildman–Crippen LogP) is 2.83. The van der Waals surface area contributed by atoms with Gasteiger partial charge in [0.1, 0.15) is 0 Å². The zero-order valence-corrected chi connectivity index (χ0v) is 13.9. The highest BCUT2D eigenvalue weighted by Gasteiger charge is 2.33. The molecule has 1 atom stereocenters. The average molecular weight is 291 g/mol. The van der Waals surface area contributed by atoms with Crippen LogP contribution in [0.2, 0.25) is 0 Å². The summed E-state index contributed by atoms with van der Waals surface area (Å²) in [5, 5.41) is 3.78. The Labute approximate surface area is 128 Å². The molecular formula is C17H29N3O. The zero-order valence-electron chi connectivity index (χ0n) is 13.9. The standard InChI is InChI=1S/C17H29N3O/c1-5-17(6-2)13-20(14(3)9-11-19-17)12-15-8-7-10-18-16(15)21-4/h7-8,10,14,19H,5-6,9,11-13H2,1-4H3. The van der Waals surface area contributed by atoms with Crippen LogP contribution >= 0.6 is 0 Å². The number of hydrogen-bond acceptors (Lipinski definition) is 4. The summed E-state index contributed by atoms with van der Waals surface area (Å²) in [6.07, 6.45) is 5.30. The minimum atomic E-state index is 0.236. The van der Waals surface area contributed by atoms with E-state index in [9.17, 15) is 0 Å². The van der Waals surface area contributed by atoms with Crippen LogP contribution in [-0.4, -0.2) is 41.7 Å². The Hall–Kier alpha value is -1.13. The summed E-state index contributed by atoms with van der Waals surface area (Å²) in [6, 6.07) is 4.68. The Bertz CT molecular complexity index is 445. The normalized spacial score (nSPS) is 22.8. The summed E-state index contributed by atoms with van der Waals surface area (Å²) in [4.78, 5) is 6.90. The van der Waals surface area contributed by atoms with E-state index < -0.39 is 0 Å². The van der Waals surface area contributed by atoms with Crippen molar-refractivity contribution in [2.24, 2.45) is 0 Å². The zero-order chi connectivity index (χ0) is 15.3. The first kappa shape index (κ1) is 16.2. The maximum Gasteiger partial charge on any atom is 0.217 e. The Morgan fingerprint density at radius 3 is 2.86 bits per heavy atom. The van der Waals surface area contributed by atoms with Crippen LogP contribution in [0.5, 0.6) is 5.88 Å². The molecule has 1 aromatic heterocycles. The molecule has 1 unspecified atom stereocenters. The summed E-state index contributed by atoms with van der Waals surface area (Å²) < 4.78 is 5.40. The lowest BCUT2D eigenvalue weighted by Gasteiger charge is -2.37. The molecule has 1 aliphatic heterocycles. The largest absolute Gasteiger partial charge is 0.481 e.